The Kier molecular flexibility index (Phi) is 4.73. The number of amides is 2. The van der Waals surface area contributed by atoms with Gasteiger partial charge < -0.3 is 10.1 Å². The molecule has 4 rings (SSSR count). The van der Waals surface area contributed by atoms with E-state index in [1.807, 2.05) is 13.1 Å². The largest absolute Gasteiger partial charge is 0.463 e. The summed E-state index contributed by atoms with van der Waals surface area (Å²) < 4.78 is 5.30. The highest BCUT2D eigenvalue weighted by molar-refractivity contribution is 7.11. The van der Waals surface area contributed by atoms with Gasteiger partial charge in [-0.2, -0.15) is 0 Å². The molecule has 0 saturated heterocycles. The van der Waals surface area contributed by atoms with Crippen LogP contribution in [0.4, 0.5) is 4.79 Å². The molecule has 1 atom stereocenters. The molecule has 2 saturated carbocycles. The summed E-state index contributed by atoms with van der Waals surface area (Å²) in [7, 11) is 0. The summed E-state index contributed by atoms with van der Waals surface area (Å²) in [5.41, 5.74) is 1.26. The summed E-state index contributed by atoms with van der Waals surface area (Å²) in [6, 6.07) is -0.390. The van der Waals surface area contributed by atoms with E-state index >= 15 is 0 Å². The number of ether oxygens (including phenoxy) is 1. The maximum atomic E-state index is 12.7. The second-order valence-corrected chi connectivity index (χ2v) is 8.38. The Balaban J connectivity index is 1.68. The lowest BCUT2D eigenvalue weighted by molar-refractivity contribution is -0.139. The third-order valence-corrected chi connectivity index (χ3v) is 6.69. The molecule has 7 heteroatoms. The van der Waals surface area contributed by atoms with Crippen LogP contribution in [0.15, 0.2) is 17.5 Å². The van der Waals surface area contributed by atoms with Gasteiger partial charge in [0.25, 0.3) is 0 Å². The fraction of sp³-hybridized carbons (Fsp3) is 0.632. The molecule has 2 aliphatic carbocycles. The number of carbonyl (C=O) groups is 2. The maximum absolute atomic E-state index is 12.7. The number of hydrogen-bond acceptors (Lipinski definition) is 5. The quantitative estimate of drug-likeness (QED) is 0.793. The van der Waals surface area contributed by atoms with Crippen LogP contribution >= 0.6 is 11.3 Å². The molecule has 0 spiro atoms. The number of esters is 1. The van der Waals surface area contributed by atoms with Crippen molar-refractivity contribution in [1.82, 2.24) is 15.2 Å². The number of thiazole rings is 1. The topological polar surface area (TPSA) is 71.5 Å². The van der Waals surface area contributed by atoms with Crippen molar-refractivity contribution in [3.8, 4) is 0 Å². The van der Waals surface area contributed by atoms with E-state index in [1.54, 1.807) is 23.2 Å². The van der Waals surface area contributed by atoms with Crippen molar-refractivity contribution >= 4 is 23.3 Å². The average Bonchev–Trinajstić information content (AvgIpc) is 3.11. The highest BCUT2D eigenvalue weighted by atomic mass is 32.1. The van der Waals surface area contributed by atoms with Crippen molar-refractivity contribution in [2.24, 2.45) is 0 Å². The molecule has 2 fully saturated rings. The Labute approximate surface area is 157 Å². The van der Waals surface area contributed by atoms with Crippen molar-refractivity contribution < 1.29 is 14.3 Å². The number of hydrogen-bond donors (Lipinski definition) is 1. The molecule has 6 nitrogen and oxygen atoms in total. The van der Waals surface area contributed by atoms with Gasteiger partial charge >= 0.3 is 12.0 Å². The standard InChI is InChI=1S/C19H25N3O3S/c1-3-25-18(23)15-11(2)22(13-8-9-13)19(24)21-16(15)14-10-20-17(26-14)12-6-4-5-7-12/h10,12-13,16H,3-9H2,1-2H3,(H,21,24)/t16-/m0/s1. The van der Waals surface area contributed by atoms with Gasteiger partial charge in [0.15, 0.2) is 0 Å². The molecule has 1 aromatic heterocycles. The van der Waals surface area contributed by atoms with Crippen LogP contribution < -0.4 is 5.32 Å². The van der Waals surface area contributed by atoms with Crippen LogP contribution in [-0.2, 0) is 9.53 Å². The van der Waals surface area contributed by atoms with Crippen molar-refractivity contribution in [1.29, 1.82) is 0 Å². The third-order valence-electron chi connectivity index (χ3n) is 5.46. The Morgan fingerprint density at radius 1 is 1.35 bits per heavy atom. The van der Waals surface area contributed by atoms with Crippen LogP contribution in [0.5, 0.6) is 0 Å². The molecule has 2 amide bonds. The lowest BCUT2D eigenvalue weighted by atomic mass is 10.0. The van der Waals surface area contributed by atoms with Gasteiger partial charge in [-0.05, 0) is 39.5 Å². The molecule has 140 valence electrons. The van der Waals surface area contributed by atoms with Gasteiger partial charge in [-0.1, -0.05) is 12.8 Å². The zero-order chi connectivity index (χ0) is 18.3. The number of nitrogens with zero attached hydrogens (tertiary/aromatic N) is 2. The minimum Gasteiger partial charge on any atom is -0.463 e. The van der Waals surface area contributed by atoms with Crippen LogP contribution in [0.3, 0.4) is 0 Å². The first-order valence-electron chi connectivity index (χ1n) is 9.53. The molecule has 0 bridgehead atoms. The zero-order valence-electron chi connectivity index (χ0n) is 15.3. The van der Waals surface area contributed by atoms with Gasteiger partial charge in [-0.15, -0.1) is 11.3 Å². The molecule has 3 aliphatic rings. The summed E-state index contributed by atoms with van der Waals surface area (Å²) in [5, 5.41) is 4.15. The maximum Gasteiger partial charge on any atom is 0.338 e. The smallest absolute Gasteiger partial charge is 0.338 e. The number of carbonyl (C=O) groups excluding carboxylic acids is 2. The van der Waals surface area contributed by atoms with Gasteiger partial charge in [0.05, 0.1) is 22.1 Å². The number of rotatable bonds is 5. The predicted molar refractivity (Wildman–Crippen MR) is 98.8 cm³/mol. The van der Waals surface area contributed by atoms with E-state index in [0.717, 1.165) is 28.4 Å². The fourth-order valence-electron chi connectivity index (χ4n) is 4.01. The van der Waals surface area contributed by atoms with E-state index in [9.17, 15) is 9.59 Å². The van der Waals surface area contributed by atoms with Gasteiger partial charge in [0.1, 0.15) is 6.04 Å². The fourth-order valence-corrected chi connectivity index (χ4v) is 5.16. The van der Waals surface area contributed by atoms with Crippen LogP contribution in [0.2, 0.25) is 0 Å². The monoisotopic (exact) mass is 375 g/mol. The lowest BCUT2D eigenvalue weighted by Crippen LogP contribution is -2.48. The van der Waals surface area contributed by atoms with Gasteiger partial charge in [0, 0.05) is 23.9 Å². The zero-order valence-corrected chi connectivity index (χ0v) is 16.1. The van der Waals surface area contributed by atoms with Gasteiger partial charge in [-0.3, -0.25) is 4.90 Å². The van der Waals surface area contributed by atoms with Gasteiger partial charge in [-0.25, -0.2) is 14.6 Å². The first kappa shape index (κ1) is 17.5. The Bertz CT molecular complexity index is 747. The second-order valence-electron chi connectivity index (χ2n) is 7.29. The highest BCUT2D eigenvalue weighted by Gasteiger charge is 2.43. The van der Waals surface area contributed by atoms with Crippen molar-refractivity contribution in [2.45, 2.75) is 70.4 Å². The summed E-state index contributed by atoms with van der Waals surface area (Å²) in [4.78, 5) is 32.6. The molecule has 1 N–H and O–H groups in total. The van der Waals surface area contributed by atoms with Crippen LogP contribution in [0.25, 0.3) is 0 Å². The van der Waals surface area contributed by atoms with Crippen molar-refractivity contribution in [3.05, 3.63) is 27.4 Å². The van der Waals surface area contributed by atoms with E-state index < -0.39 is 6.04 Å². The first-order chi connectivity index (χ1) is 12.6. The van der Waals surface area contributed by atoms with Crippen LogP contribution in [0.1, 0.15) is 74.2 Å². The summed E-state index contributed by atoms with van der Waals surface area (Å²) in [5.74, 6) is 0.170. The molecule has 2 heterocycles. The number of nitrogens with one attached hydrogen (secondary N) is 1. The number of allylic oxidation sites excluding steroid dienone is 1. The van der Waals surface area contributed by atoms with E-state index in [4.69, 9.17) is 4.74 Å². The summed E-state index contributed by atoms with van der Waals surface area (Å²) in [6.07, 6.45) is 8.66. The molecular weight excluding hydrogens is 350 g/mol. The predicted octanol–water partition coefficient (Wildman–Crippen LogP) is 3.87. The average molecular weight is 375 g/mol. The van der Waals surface area contributed by atoms with Gasteiger partial charge in [0.2, 0.25) is 0 Å². The SMILES string of the molecule is CCOC(=O)C1=C(C)N(C2CC2)C(=O)N[C@H]1c1cnc(C2CCCC2)s1. The second kappa shape index (κ2) is 7.02. The van der Waals surface area contributed by atoms with Crippen LogP contribution in [0, 0.1) is 0 Å². The van der Waals surface area contributed by atoms with Crippen LogP contribution in [-0.4, -0.2) is 34.5 Å². The third kappa shape index (κ3) is 3.13. The highest BCUT2D eigenvalue weighted by Crippen LogP contribution is 2.41. The Morgan fingerprint density at radius 3 is 2.73 bits per heavy atom. The molecule has 0 unspecified atom stereocenters. The molecule has 1 aromatic rings. The molecule has 1 aliphatic heterocycles. The summed E-state index contributed by atoms with van der Waals surface area (Å²) in [6.45, 7) is 3.97. The number of aromatic nitrogens is 1. The molecule has 0 aromatic carbocycles. The van der Waals surface area contributed by atoms with E-state index in [1.165, 1.54) is 25.7 Å². The van der Waals surface area contributed by atoms with Crippen molar-refractivity contribution in [3.63, 3.8) is 0 Å². The minimum atomic E-state index is -0.468. The van der Waals surface area contributed by atoms with E-state index in [0.29, 0.717) is 18.1 Å². The molecule has 0 radical (unpaired) electrons. The molecule has 26 heavy (non-hydrogen) atoms. The molecular formula is C19H25N3O3S. The van der Waals surface area contributed by atoms with Crippen molar-refractivity contribution in [2.75, 3.05) is 6.61 Å². The van der Waals surface area contributed by atoms with E-state index in [2.05, 4.69) is 10.3 Å². The summed E-state index contributed by atoms with van der Waals surface area (Å²) >= 11 is 1.62. The Hall–Kier alpha value is -1.89. The van der Waals surface area contributed by atoms with E-state index in [-0.39, 0.29) is 18.0 Å². The Morgan fingerprint density at radius 2 is 2.08 bits per heavy atom. The number of urea groups is 1. The first-order valence-corrected chi connectivity index (χ1v) is 10.3. The minimum absolute atomic E-state index is 0.126. The lowest BCUT2D eigenvalue weighted by Gasteiger charge is -2.34. The normalized spacial score (nSPS) is 24.2.